The maximum atomic E-state index is 12.0. The number of carbonyl (C=O) groups is 2. The second-order valence-corrected chi connectivity index (χ2v) is 6.43. The molecule has 0 saturated heterocycles. The van der Waals surface area contributed by atoms with Crippen LogP contribution in [0.5, 0.6) is 0 Å². The average Bonchev–Trinajstić information content (AvgIpc) is 2.28. The van der Waals surface area contributed by atoms with Gasteiger partial charge in [0.15, 0.2) is 9.84 Å². The van der Waals surface area contributed by atoms with Crippen molar-refractivity contribution in [2.24, 2.45) is 5.73 Å². The largest absolute Gasteiger partial charge is 0.478 e. The van der Waals surface area contributed by atoms with Crippen LogP contribution in [0.3, 0.4) is 0 Å². The number of halogens is 1. The van der Waals surface area contributed by atoms with E-state index in [1.807, 2.05) is 0 Å². The third-order valence-corrected chi connectivity index (χ3v) is 4.56. The lowest BCUT2D eigenvalue weighted by Crippen LogP contribution is -2.18. The van der Waals surface area contributed by atoms with Gasteiger partial charge in [0.1, 0.15) is 0 Å². The van der Waals surface area contributed by atoms with Crippen molar-refractivity contribution in [1.82, 2.24) is 0 Å². The summed E-state index contributed by atoms with van der Waals surface area (Å²) in [5, 5.41) is 8.97. The number of sulfone groups is 1. The molecule has 0 atom stereocenters. The van der Waals surface area contributed by atoms with Gasteiger partial charge in [-0.2, -0.15) is 0 Å². The number of amides is 1. The number of hydrogen-bond acceptors (Lipinski definition) is 4. The van der Waals surface area contributed by atoms with Crippen LogP contribution in [0.15, 0.2) is 17.0 Å². The molecule has 104 valence electrons. The van der Waals surface area contributed by atoms with E-state index in [-0.39, 0.29) is 27.5 Å². The summed E-state index contributed by atoms with van der Waals surface area (Å²) in [6.45, 7) is 1.37. The van der Waals surface area contributed by atoms with E-state index in [2.05, 4.69) is 0 Å². The van der Waals surface area contributed by atoms with E-state index in [1.165, 1.54) is 19.1 Å². The fraction of sp³-hybridized carbons (Fsp3) is 0.273. The Morgan fingerprint density at radius 1 is 1.37 bits per heavy atom. The molecular formula is C11H12ClNO5S. The van der Waals surface area contributed by atoms with Crippen LogP contribution in [-0.4, -0.2) is 31.2 Å². The summed E-state index contributed by atoms with van der Waals surface area (Å²) in [6, 6.07) is 2.34. The van der Waals surface area contributed by atoms with Crippen molar-refractivity contribution >= 4 is 33.3 Å². The first-order valence-corrected chi connectivity index (χ1v) is 7.22. The lowest BCUT2D eigenvalue weighted by atomic mass is 10.1. The van der Waals surface area contributed by atoms with Gasteiger partial charge >= 0.3 is 5.97 Å². The molecule has 0 aromatic heterocycles. The van der Waals surface area contributed by atoms with Crippen LogP contribution >= 0.6 is 11.6 Å². The summed E-state index contributed by atoms with van der Waals surface area (Å²) in [5.74, 6) is -2.50. The summed E-state index contributed by atoms with van der Waals surface area (Å²) in [5.41, 5.74) is 4.80. The molecule has 0 spiro atoms. The Kier molecular flexibility index (Phi) is 4.54. The van der Waals surface area contributed by atoms with E-state index >= 15 is 0 Å². The first-order valence-electron chi connectivity index (χ1n) is 5.19. The minimum atomic E-state index is -3.81. The number of rotatable bonds is 5. The van der Waals surface area contributed by atoms with Gasteiger partial charge in [0.25, 0.3) is 0 Å². The summed E-state index contributed by atoms with van der Waals surface area (Å²) in [7, 11) is -3.81. The quantitative estimate of drug-likeness (QED) is 0.842. The Labute approximate surface area is 115 Å². The van der Waals surface area contributed by atoms with Crippen LogP contribution in [0, 0.1) is 6.92 Å². The maximum absolute atomic E-state index is 12.0. The number of aromatic carboxylic acids is 1. The highest BCUT2D eigenvalue weighted by atomic mass is 35.5. The average molecular weight is 306 g/mol. The monoisotopic (exact) mass is 305 g/mol. The van der Waals surface area contributed by atoms with Crippen molar-refractivity contribution in [3.8, 4) is 0 Å². The number of hydrogen-bond donors (Lipinski definition) is 2. The summed E-state index contributed by atoms with van der Waals surface area (Å²) in [4.78, 5) is 21.4. The van der Waals surface area contributed by atoms with Crippen LogP contribution in [0.4, 0.5) is 0 Å². The van der Waals surface area contributed by atoms with Gasteiger partial charge in [0.05, 0.1) is 16.2 Å². The van der Waals surface area contributed by atoms with E-state index in [0.29, 0.717) is 0 Å². The van der Waals surface area contributed by atoms with Crippen LogP contribution < -0.4 is 5.73 Å². The number of benzene rings is 1. The van der Waals surface area contributed by atoms with Gasteiger partial charge in [-0.05, 0) is 24.6 Å². The van der Waals surface area contributed by atoms with Gasteiger partial charge in [0, 0.05) is 11.4 Å². The first-order chi connectivity index (χ1) is 8.65. The highest BCUT2D eigenvalue weighted by molar-refractivity contribution is 7.91. The normalized spacial score (nSPS) is 11.3. The fourth-order valence-electron chi connectivity index (χ4n) is 1.54. The molecule has 0 aliphatic carbocycles. The lowest BCUT2D eigenvalue weighted by molar-refractivity contribution is -0.117. The zero-order chi connectivity index (χ0) is 14.8. The molecule has 19 heavy (non-hydrogen) atoms. The van der Waals surface area contributed by atoms with Crippen molar-refractivity contribution in [1.29, 1.82) is 0 Å². The summed E-state index contributed by atoms with van der Waals surface area (Å²) in [6.07, 6.45) is -0.337. The Bertz CT molecular complexity index is 639. The van der Waals surface area contributed by atoms with E-state index in [1.54, 1.807) is 0 Å². The fourth-order valence-corrected chi connectivity index (χ4v) is 3.40. The van der Waals surface area contributed by atoms with Crippen molar-refractivity contribution in [2.75, 3.05) is 5.75 Å². The molecule has 0 saturated carbocycles. The molecule has 0 bridgehead atoms. The highest BCUT2D eigenvalue weighted by Gasteiger charge is 2.22. The van der Waals surface area contributed by atoms with Gasteiger partial charge in [-0.3, -0.25) is 4.79 Å². The third kappa shape index (κ3) is 3.68. The van der Waals surface area contributed by atoms with Gasteiger partial charge in [0.2, 0.25) is 5.91 Å². The zero-order valence-electron chi connectivity index (χ0n) is 10.0. The Morgan fingerprint density at radius 3 is 2.42 bits per heavy atom. The maximum Gasteiger partial charge on any atom is 0.336 e. The van der Waals surface area contributed by atoms with Crippen molar-refractivity contribution < 1.29 is 23.1 Å². The number of carboxylic acid groups (broad SMARTS) is 1. The zero-order valence-corrected chi connectivity index (χ0v) is 11.6. The highest BCUT2D eigenvalue weighted by Crippen LogP contribution is 2.25. The number of carbonyl (C=O) groups excluding carboxylic acids is 1. The van der Waals surface area contributed by atoms with Crippen LogP contribution in [0.25, 0.3) is 0 Å². The molecule has 6 nitrogen and oxygen atoms in total. The predicted molar refractivity (Wildman–Crippen MR) is 69.0 cm³/mol. The molecule has 0 radical (unpaired) electrons. The summed E-state index contributed by atoms with van der Waals surface area (Å²) >= 11 is 5.72. The molecule has 0 heterocycles. The predicted octanol–water partition coefficient (Wildman–Crippen LogP) is 0.996. The summed E-state index contributed by atoms with van der Waals surface area (Å²) < 4.78 is 24.1. The minimum Gasteiger partial charge on any atom is -0.478 e. The standard InChI is InChI=1S/C11H12ClNO5S/c1-6-8(11(15)16)4-7(12)5-9(6)19(17,18)3-2-10(13)14/h4-5H,2-3H2,1H3,(H2,13,14)(H,15,16). The van der Waals surface area contributed by atoms with E-state index < -0.39 is 27.5 Å². The molecule has 3 N–H and O–H groups in total. The van der Waals surface area contributed by atoms with Crippen LogP contribution in [-0.2, 0) is 14.6 Å². The lowest BCUT2D eigenvalue weighted by Gasteiger charge is -2.10. The van der Waals surface area contributed by atoms with Gasteiger partial charge < -0.3 is 10.8 Å². The second-order valence-electron chi connectivity index (χ2n) is 3.92. The SMILES string of the molecule is Cc1c(C(=O)O)cc(Cl)cc1S(=O)(=O)CCC(N)=O. The molecule has 0 aliphatic heterocycles. The van der Waals surface area contributed by atoms with Gasteiger partial charge in [-0.15, -0.1) is 0 Å². The van der Waals surface area contributed by atoms with Gasteiger partial charge in [-0.1, -0.05) is 11.6 Å². The number of carboxylic acids is 1. The molecule has 1 aromatic carbocycles. The molecule has 8 heteroatoms. The Hall–Kier alpha value is -1.60. The molecule has 0 aliphatic rings. The Morgan fingerprint density at radius 2 is 1.95 bits per heavy atom. The van der Waals surface area contributed by atoms with E-state index in [9.17, 15) is 18.0 Å². The van der Waals surface area contributed by atoms with Crippen molar-refractivity contribution in [3.05, 3.63) is 28.3 Å². The van der Waals surface area contributed by atoms with Crippen molar-refractivity contribution in [3.63, 3.8) is 0 Å². The van der Waals surface area contributed by atoms with Crippen LogP contribution in [0.2, 0.25) is 5.02 Å². The first kappa shape index (κ1) is 15.5. The molecule has 0 unspecified atom stereocenters. The third-order valence-electron chi connectivity index (χ3n) is 2.51. The smallest absolute Gasteiger partial charge is 0.336 e. The number of nitrogens with two attached hydrogens (primary N) is 1. The minimum absolute atomic E-state index is 0.000602. The molecule has 0 fully saturated rings. The number of primary amides is 1. The molecule has 1 aromatic rings. The van der Waals surface area contributed by atoms with Crippen LogP contribution in [0.1, 0.15) is 22.3 Å². The molecule has 1 amide bonds. The van der Waals surface area contributed by atoms with E-state index in [4.69, 9.17) is 22.4 Å². The topological polar surface area (TPSA) is 115 Å². The van der Waals surface area contributed by atoms with E-state index in [0.717, 1.165) is 0 Å². The molecule has 1 rings (SSSR count). The van der Waals surface area contributed by atoms with Crippen molar-refractivity contribution in [2.45, 2.75) is 18.2 Å². The molecular weight excluding hydrogens is 294 g/mol. The Balaban J connectivity index is 3.34. The second kappa shape index (κ2) is 5.58. The van der Waals surface area contributed by atoms with Gasteiger partial charge in [-0.25, -0.2) is 13.2 Å².